The Bertz CT molecular complexity index is 634. The molecule has 2 heterocycles. The van der Waals surface area contributed by atoms with Crippen LogP contribution in [0, 0.1) is 11.8 Å². The lowest BCUT2D eigenvalue weighted by molar-refractivity contribution is 0.0950. The second kappa shape index (κ2) is 6.18. The minimum Gasteiger partial charge on any atom is -0.384 e. The first-order chi connectivity index (χ1) is 9.20. The summed E-state index contributed by atoms with van der Waals surface area (Å²) in [5.41, 5.74) is 1.51. The fraction of sp³-hybridized carbons (Fsp3) is 0.231. The average molecular weight is 275 g/mol. The summed E-state index contributed by atoms with van der Waals surface area (Å²) in [4.78, 5) is 12.7. The normalized spacial score (nSPS) is 9.79. The highest BCUT2D eigenvalue weighted by molar-refractivity contribution is 7.10. The summed E-state index contributed by atoms with van der Waals surface area (Å²) in [5.74, 6) is 5.18. The molecule has 0 saturated carbocycles. The van der Waals surface area contributed by atoms with Crippen molar-refractivity contribution in [3.05, 3.63) is 39.8 Å². The fourth-order valence-corrected chi connectivity index (χ4v) is 2.25. The molecule has 0 unspecified atom stereocenters. The van der Waals surface area contributed by atoms with E-state index in [2.05, 4.69) is 22.3 Å². The molecule has 2 aromatic rings. The summed E-state index contributed by atoms with van der Waals surface area (Å²) in [6.45, 7) is 0.253. The number of thiophene rings is 1. The first kappa shape index (κ1) is 13.3. The fourth-order valence-electron chi connectivity index (χ4n) is 1.50. The number of aliphatic hydroxyl groups excluding tert-OH is 1. The van der Waals surface area contributed by atoms with Crippen molar-refractivity contribution in [1.82, 2.24) is 15.1 Å². The van der Waals surface area contributed by atoms with E-state index in [1.807, 2.05) is 13.1 Å². The largest absolute Gasteiger partial charge is 0.384 e. The first-order valence-corrected chi connectivity index (χ1v) is 6.52. The van der Waals surface area contributed by atoms with E-state index in [0.717, 1.165) is 10.6 Å². The molecule has 0 aliphatic heterocycles. The highest BCUT2D eigenvalue weighted by Gasteiger charge is 2.08. The molecule has 0 aliphatic carbocycles. The molecule has 6 heteroatoms. The Labute approximate surface area is 114 Å². The van der Waals surface area contributed by atoms with Crippen molar-refractivity contribution < 1.29 is 9.90 Å². The molecule has 19 heavy (non-hydrogen) atoms. The van der Waals surface area contributed by atoms with Crippen molar-refractivity contribution in [3.8, 4) is 11.8 Å². The van der Waals surface area contributed by atoms with Gasteiger partial charge in [0.25, 0.3) is 5.91 Å². The summed E-state index contributed by atoms with van der Waals surface area (Å²) in [6.07, 6.45) is 1.69. The first-order valence-electron chi connectivity index (χ1n) is 5.64. The average Bonchev–Trinajstić information content (AvgIpc) is 3.03. The Kier molecular flexibility index (Phi) is 4.34. The van der Waals surface area contributed by atoms with Crippen molar-refractivity contribution in [1.29, 1.82) is 0 Å². The maximum atomic E-state index is 11.9. The third kappa shape index (κ3) is 3.44. The maximum Gasteiger partial charge on any atom is 0.252 e. The van der Waals surface area contributed by atoms with E-state index < -0.39 is 0 Å². The zero-order chi connectivity index (χ0) is 13.7. The van der Waals surface area contributed by atoms with Gasteiger partial charge in [0.2, 0.25) is 0 Å². The van der Waals surface area contributed by atoms with E-state index in [9.17, 15) is 4.79 Å². The van der Waals surface area contributed by atoms with Gasteiger partial charge in [-0.15, -0.1) is 11.3 Å². The van der Waals surface area contributed by atoms with Crippen LogP contribution in [0.2, 0.25) is 0 Å². The zero-order valence-corrected chi connectivity index (χ0v) is 11.2. The molecule has 0 radical (unpaired) electrons. The van der Waals surface area contributed by atoms with Crippen LogP contribution < -0.4 is 5.32 Å². The minimum absolute atomic E-state index is 0.144. The summed E-state index contributed by atoms with van der Waals surface area (Å²) in [7, 11) is 1.83. The Morgan fingerprint density at radius 1 is 1.63 bits per heavy atom. The van der Waals surface area contributed by atoms with Crippen LogP contribution in [0.3, 0.4) is 0 Å². The minimum atomic E-state index is -0.181. The van der Waals surface area contributed by atoms with E-state index in [4.69, 9.17) is 5.11 Å². The number of aryl methyl sites for hydroxylation is 1. The Morgan fingerprint density at radius 3 is 3.16 bits per heavy atom. The number of hydrogen-bond donors (Lipinski definition) is 2. The molecule has 2 aromatic heterocycles. The van der Waals surface area contributed by atoms with Gasteiger partial charge in [-0.1, -0.05) is 11.8 Å². The summed E-state index contributed by atoms with van der Waals surface area (Å²) in [5, 5.41) is 17.2. The zero-order valence-electron chi connectivity index (χ0n) is 10.4. The molecular formula is C13H13N3O2S. The molecule has 0 bridgehead atoms. The SMILES string of the molecule is Cn1nccc1CNC(=O)c1csc(C#CCO)c1. The van der Waals surface area contributed by atoms with Crippen LogP contribution in [0.15, 0.2) is 23.7 Å². The molecule has 2 rings (SSSR count). The van der Waals surface area contributed by atoms with Gasteiger partial charge in [0, 0.05) is 18.6 Å². The van der Waals surface area contributed by atoms with Gasteiger partial charge in [-0.3, -0.25) is 9.48 Å². The topological polar surface area (TPSA) is 67.2 Å². The molecular weight excluding hydrogens is 262 g/mol. The number of carbonyl (C=O) groups excluding carboxylic acids is 1. The third-order valence-electron chi connectivity index (χ3n) is 2.50. The maximum absolute atomic E-state index is 11.9. The van der Waals surface area contributed by atoms with Crippen LogP contribution in [-0.2, 0) is 13.6 Å². The Morgan fingerprint density at radius 2 is 2.47 bits per heavy atom. The molecule has 0 aromatic carbocycles. The van der Waals surface area contributed by atoms with Gasteiger partial charge in [-0.2, -0.15) is 5.10 Å². The van der Waals surface area contributed by atoms with Crippen LogP contribution in [0.5, 0.6) is 0 Å². The summed E-state index contributed by atoms with van der Waals surface area (Å²) in [6, 6.07) is 3.57. The lowest BCUT2D eigenvalue weighted by Gasteiger charge is -2.03. The highest BCUT2D eigenvalue weighted by atomic mass is 32.1. The number of amides is 1. The number of nitrogens with zero attached hydrogens (tertiary/aromatic N) is 2. The number of aromatic nitrogens is 2. The molecule has 0 fully saturated rings. The van der Waals surface area contributed by atoms with Crippen LogP contribution in [0.1, 0.15) is 20.9 Å². The van der Waals surface area contributed by atoms with Crippen molar-refractivity contribution >= 4 is 17.2 Å². The smallest absolute Gasteiger partial charge is 0.252 e. The standard InChI is InChI=1S/C13H13N3O2S/c1-16-11(4-5-15-16)8-14-13(18)10-7-12(19-9-10)3-2-6-17/h4-5,7,9,17H,6,8H2,1H3,(H,14,18). The number of nitrogens with one attached hydrogen (secondary N) is 1. The van der Waals surface area contributed by atoms with Crippen molar-refractivity contribution in [2.75, 3.05) is 6.61 Å². The van der Waals surface area contributed by atoms with Crippen LogP contribution >= 0.6 is 11.3 Å². The second-order valence-electron chi connectivity index (χ2n) is 3.79. The lowest BCUT2D eigenvalue weighted by atomic mass is 10.3. The van der Waals surface area contributed by atoms with Crippen LogP contribution in [-0.4, -0.2) is 27.4 Å². The van der Waals surface area contributed by atoms with E-state index in [-0.39, 0.29) is 12.5 Å². The quantitative estimate of drug-likeness (QED) is 0.813. The van der Waals surface area contributed by atoms with Gasteiger partial charge >= 0.3 is 0 Å². The Balaban J connectivity index is 1.96. The number of hydrogen-bond acceptors (Lipinski definition) is 4. The number of carbonyl (C=O) groups is 1. The predicted octanol–water partition coefficient (Wildman–Crippen LogP) is 0.755. The van der Waals surface area contributed by atoms with Crippen molar-refractivity contribution in [2.45, 2.75) is 6.54 Å². The van der Waals surface area contributed by atoms with Crippen molar-refractivity contribution in [2.24, 2.45) is 7.05 Å². The number of rotatable bonds is 3. The molecule has 5 nitrogen and oxygen atoms in total. The lowest BCUT2D eigenvalue weighted by Crippen LogP contribution is -2.23. The molecule has 0 aliphatic rings. The molecule has 1 amide bonds. The second-order valence-corrected chi connectivity index (χ2v) is 4.70. The third-order valence-corrected chi connectivity index (χ3v) is 3.35. The predicted molar refractivity (Wildman–Crippen MR) is 72.7 cm³/mol. The monoisotopic (exact) mass is 275 g/mol. The molecule has 0 saturated heterocycles. The molecule has 0 atom stereocenters. The van der Waals surface area contributed by atoms with Gasteiger partial charge < -0.3 is 10.4 Å². The van der Waals surface area contributed by atoms with Gasteiger partial charge in [-0.25, -0.2) is 0 Å². The van der Waals surface area contributed by atoms with E-state index in [1.165, 1.54) is 11.3 Å². The van der Waals surface area contributed by atoms with E-state index in [1.54, 1.807) is 22.3 Å². The van der Waals surface area contributed by atoms with Crippen molar-refractivity contribution in [3.63, 3.8) is 0 Å². The molecule has 0 spiro atoms. The highest BCUT2D eigenvalue weighted by Crippen LogP contribution is 2.13. The summed E-state index contributed by atoms with van der Waals surface area (Å²) >= 11 is 1.38. The molecule has 2 N–H and O–H groups in total. The van der Waals surface area contributed by atoms with Gasteiger partial charge in [0.05, 0.1) is 22.7 Å². The van der Waals surface area contributed by atoms with E-state index >= 15 is 0 Å². The van der Waals surface area contributed by atoms with Gasteiger partial charge in [0.15, 0.2) is 0 Å². The van der Waals surface area contributed by atoms with E-state index in [0.29, 0.717) is 12.1 Å². The van der Waals surface area contributed by atoms with Crippen LogP contribution in [0.25, 0.3) is 0 Å². The number of aliphatic hydroxyl groups is 1. The Hall–Kier alpha value is -2.10. The van der Waals surface area contributed by atoms with Crippen LogP contribution in [0.4, 0.5) is 0 Å². The summed E-state index contributed by atoms with van der Waals surface area (Å²) < 4.78 is 1.71. The molecule has 98 valence electrons. The van der Waals surface area contributed by atoms with Gasteiger partial charge in [0.1, 0.15) is 6.61 Å². The van der Waals surface area contributed by atoms with Gasteiger partial charge in [-0.05, 0) is 12.1 Å².